The van der Waals surface area contributed by atoms with E-state index in [9.17, 15) is 34.2 Å². The first kappa shape index (κ1) is 26.4. The van der Waals surface area contributed by atoms with Crippen LogP contribution >= 0.6 is 0 Å². The Morgan fingerprint density at radius 3 is 2.38 bits per heavy atom. The van der Waals surface area contributed by atoms with Gasteiger partial charge in [0.25, 0.3) is 0 Å². The Balaban J connectivity index is 1.91. The van der Waals surface area contributed by atoms with Crippen molar-refractivity contribution in [3.8, 4) is 5.75 Å². The Morgan fingerprint density at radius 1 is 1.19 bits per heavy atom. The summed E-state index contributed by atoms with van der Waals surface area (Å²) in [5.74, 6) is -10.9. The zero-order chi connectivity index (χ0) is 27.6. The number of carbonyl (C=O) groups excluding carboxylic acids is 5. The van der Waals surface area contributed by atoms with E-state index in [-0.39, 0.29) is 24.0 Å². The number of benzene rings is 1. The molecular weight excluding hydrogens is 484 g/mol. The third kappa shape index (κ3) is 3.65. The van der Waals surface area contributed by atoms with Crippen molar-refractivity contribution in [3.63, 3.8) is 0 Å². The quantitative estimate of drug-likeness (QED) is 0.248. The summed E-state index contributed by atoms with van der Waals surface area (Å²) >= 11 is 0. The first-order valence-electron chi connectivity index (χ1n) is 11.8. The van der Waals surface area contributed by atoms with Crippen molar-refractivity contribution in [2.45, 2.75) is 24.5 Å². The third-order valence-electron chi connectivity index (χ3n) is 7.85. The number of hydrogen-bond donors (Lipinski definition) is 3. The van der Waals surface area contributed by atoms with Gasteiger partial charge in [-0.1, -0.05) is 5.16 Å². The molecule has 0 aliphatic heterocycles. The summed E-state index contributed by atoms with van der Waals surface area (Å²) in [5.41, 5.74) is 3.77. The van der Waals surface area contributed by atoms with E-state index in [0.717, 1.165) is 0 Å². The number of Topliss-reactive ketones (excluding diaryl/α,β-unsaturated/α-hetero) is 4. The van der Waals surface area contributed by atoms with Crippen LogP contribution in [-0.2, 0) is 30.4 Å². The molecule has 3 aliphatic carbocycles. The highest BCUT2D eigenvalue weighted by Gasteiger charge is 2.69. The minimum atomic E-state index is -2.76. The highest BCUT2D eigenvalue weighted by atomic mass is 16.6. The highest BCUT2D eigenvalue weighted by molar-refractivity contribution is 6.32. The van der Waals surface area contributed by atoms with Crippen molar-refractivity contribution >= 4 is 40.9 Å². The average Bonchev–Trinajstić information content (AvgIpc) is 2.80. The van der Waals surface area contributed by atoms with Gasteiger partial charge in [0.15, 0.2) is 34.7 Å². The number of fused-ring (bicyclic) bond motifs is 3. The van der Waals surface area contributed by atoms with E-state index in [0.29, 0.717) is 11.3 Å². The van der Waals surface area contributed by atoms with Gasteiger partial charge in [-0.15, -0.1) is 0 Å². The maximum Gasteiger partial charge on any atom is 0.235 e. The van der Waals surface area contributed by atoms with Crippen LogP contribution in [0.3, 0.4) is 0 Å². The van der Waals surface area contributed by atoms with Crippen molar-refractivity contribution in [1.29, 1.82) is 0 Å². The average molecular weight is 515 g/mol. The Hall–Kier alpha value is -3.64. The largest absolute Gasteiger partial charge is 0.506 e. The third-order valence-corrected chi connectivity index (χ3v) is 7.85. The van der Waals surface area contributed by atoms with E-state index < -0.39 is 70.1 Å². The van der Waals surface area contributed by atoms with E-state index in [2.05, 4.69) is 5.16 Å². The van der Waals surface area contributed by atoms with Gasteiger partial charge in [-0.05, 0) is 44.5 Å². The number of nitrogens with two attached hydrogens (primary N) is 1. The van der Waals surface area contributed by atoms with Crippen LogP contribution in [0, 0.1) is 23.7 Å². The van der Waals surface area contributed by atoms with E-state index in [1.165, 1.54) is 18.2 Å². The van der Waals surface area contributed by atoms with Crippen molar-refractivity contribution in [2.24, 2.45) is 34.6 Å². The molecular formula is C25H30N4O8. The van der Waals surface area contributed by atoms with Crippen LogP contribution in [0.25, 0.3) is 0 Å². The molecule has 12 nitrogen and oxygen atoms in total. The number of phenolic OH excluding ortho intramolecular Hbond substituents is 1. The van der Waals surface area contributed by atoms with Gasteiger partial charge in [-0.25, -0.2) is 0 Å². The van der Waals surface area contributed by atoms with Crippen LogP contribution in [0.1, 0.15) is 27.9 Å². The molecule has 12 heteroatoms. The molecule has 6 atom stereocenters. The van der Waals surface area contributed by atoms with Crippen LogP contribution in [-0.4, -0.2) is 97.3 Å². The number of nitrogens with zero attached hydrogens (tertiary/aromatic N) is 3. The molecule has 0 heterocycles. The van der Waals surface area contributed by atoms with Gasteiger partial charge in [-0.3, -0.25) is 28.9 Å². The van der Waals surface area contributed by atoms with Crippen molar-refractivity contribution in [1.82, 2.24) is 4.90 Å². The molecule has 2 fully saturated rings. The molecule has 198 valence electrons. The molecule has 1 aromatic carbocycles. The number of hydrogen-bond acceptors (Lipinski definition) is 11. The van der Waals surface area contributed by atoms with Crippen LogP contribution < -0.4 is 10.6 Å². The SMILES string of the molecule is CON=Cc1cc(N(C)C)c2c(c1O)C(=O)C1C(=O)[C@]3(O)C(=O)C(C(N)=O)C(=O)[C@@H](N(C)C)[C@@H]3C[C@@H]1C2. The molecule has 0 aromatic heterocycles. The highest BCUT2D eigenvalue weighted by Crippen LogP contribution is 2.52. The molecule has 1 amide bonds. The predicted octanol–water partition coefficient (Wildman–Crippen LogP) is -1.09. The van der Waals surface area contributed by atoms with Crippen molar-refractivity contribution in [3.05, 3.63) is 22.8 Å². The zero-order valence-electron chi connectivity index (χ0n) is 21.2. The van der Waals surface area contributed by atoms with E-state index >= 15 is 0 Å². The lowest BCUT2D eigenvalue weighted by Crippen LogP contribution is -2.74. The van der Waals surface area contributed by atoms with Gasteiger partial charge in [0.1, 0.15) is 12.9 Å². The minimum absolute atomic E-state index is 0.00951. The molecule has 37 heavy (non-hydrogen) atoms. The predicted molar refractivity (Wildman–Crippen MR) is 130 cm³/mol. The fraction of sp³-hybridized carbons (Fsp3) is 0.520. The number of rotatable bonds is 5. The number of primary amides is 1. The fourth-order valence-electron chi connectivity index (χ4n) is 6.28. The molecule has 0 bridgehead atoms. The maximum absolute atomic E-state index is 13.9. The van der Waals surface area contributed by atoms with Crippen LogP contribution in [0.15, 0.2) is 11.2 Å². The van der Waals surface area contributed by atoms with Gasteiger partial charge in [0.2, 0.25) is 5.91 Å². The molecule has 0 radical (unpaired) electrons. The fourth-order valence-corrected chi connectivity index (χ4v) is 6.28. The lowest BCUT2D eigenvalue weighted by atomic mass is 9.52. The first-order valence-corrected chi connectivity index (χ1v) is 11.8. The molecule has 2 unspecified atom stereocenters. The van der Waals surface area contributed by atoms with E-state index in [1.807, 2.05) is 0 Å². The van der Waals surface area contributed by atoms with Crippen LogP contribution in [0.2, 0.25) is 0 Å². The van der Waals surface area contributed by atoms with Crippen molar-refractivity contribution < 1.29 is 39.0 Å². The number of ketones is 4. The first-order chi connectivity index (χ1) is 17.3. The summed E-state index contributed by atoms with van der Waals surface area (Å²) in [4.78, 5) is 74.1. The normalized spacial score (nSPS) is 31.3. The Labute approximate surface area is 213 Å². The molecule has 4 N–H and O–H groups in total. The Kier molecular flexibility index (Phi) is 6.45. The van der Waals surface area contributed by atoms with Gasteiger partial charge < -0.3 is 25.7 Å². The summed E-state index contributed by atoms with van der Waals surface area (Å²) in [7, 11) is 7.92. The van der Waals surface area contributed by atoms with Crippen LogP contribution in [0.4, 0.5) is 5.69 Å². The number of phenols is 1. The monoisotopic (exact) mass is 514 g/mol. The maximum atomic E-state index is 13.9. The smallest absolute Gasteiger partial charge is 0.235 e. The summed E-state index contributed by atoms with van der Waals surface area (Å²) < 4.78 is 0. The molecule has 2 saturated carbocycles. The molecule has 1 aromatic rings. The molecule has 4 rings (SSSR count). The second-order valence-corrected chi connectivity index (χ2v) is 10.3. The van der Waals surface area contributed by atoms with Crippen molar-refractivity contribution in [2.75, 3.05) is 40.2 Å². The van der Waals surface area contributed by atoms with Crippen LogP contribution in [0.5, 0.6) is 5.75 Å². The molecule has 3 aliphatic rings. The minimum Gasteiger partial charge on any atom is -0.506 e. The zero-order valence-corrected chi connectivity index (χ0v) is 21.2. The summed E-state index contributed by atoms with van der Waals surface area (Å²) in [6.45, 7) is 0. The Morgan fingerprint density at radius 2 is 1.84 bits per heavy atom. The van der Waals surface area contributed by atoms with Gasteiger partial charge >= 0.3 is 0 Å². The number of aromatic hydroxyl groups is 1. The standard InChI is InChI=1S/C25H30N4O8/c1-28(2)14-8-11(9-27-37-5)19(30)16-12(14)6-10-7-13-18(29(3)4)21(32)17(24(26)35)23(34)25(13,36)22(33)15(10)20(16)31/h8-10,13,15,17-18,30,36H,6-7H2,1-5H3,(H2,26,35)/t10-,13-,15?,17?,18-,25-/m0/s1. The second-order valence-electron chi connectivity index (χ2n) is 10.3. The summed E-state index contributed by atoms with van der Waals surface area (Å²) in [6.07, 6.45) is 1.39. The lowest BCUT2D eigenvalue weighted by molar-refractivity contribution is -0.181. The number of anilines is 1. The number of amides is 1. The second kappa shape index (κ2) is 9.03. The number of carbonyl (C=O) groups is 5. The molecule has 0 spiro atoms. The van der Waals surface area contributed by atoms with E-state index in [1.54, 1.807) is 39.2 Å². The lowest BCUT2D eigenvalue weighted by Gasteiger charge is -2.52. The summed E-state index contributed by atoms with van der Waals surface area (Å²) in [5, 5.41) is 26.3. The number of likely N-dealkylation sites (N-methyl/N-ethyl adjacent to an activating group) is 1. The topological polar surface area (TPSA) is 180 Å². The summed E-state index contributed by atoms with van der Waals surface area (Å²) in [6, 6.07) is 0.495. The Bertz CT molecular complexity index is 1260. The van der Waals surface area contributed by atoms with Gasteiger partial charge in [-0.2, -0.15) is 0 Å². The number of oxime groups is 1. The number of aliphatic hydroxyl groups is 1. The molecule has 0 saturated heterocycles. The van der Waals surface area contributed by atoms with Gasteiger partial charge in [0, 0.05) is 31.3 Å². The van der Waals surface area contributed by atoms with E-state index in [4.69, 9.17) is 10.6 Å². The van der Waals surface area contributed by atoms with Gasteiger partial charge in [0.05, 0.1) is 23.7 Å².